The minimum atomic E-state index is -1.60. The molecule has 46 heavy (non-hydrogen) atoms. The fraction of sp³-hybridized carbons (Fsp3) is 0.967. The number of nitrogens with one attached hydrogen (secondary N) is 1. The summed E-state index contributed by atoms with van der Waals surface area (Å²) < 4.78 is 22.0. The van der Waals surface area contributed by atoms with Crippen molar-refractivity contribution in [2.24, 2.45) is 0 Å². The molecule has 0 aliphatic carbocycles. The molecule has 0 unspecified atom stereocenters. The van der Waals surface area contributed by atoms with Gasteiger partial charge in [-0.15, -0.1) is 0 Å². The van der Waals surface area contributed by atoms with E-state index < -0.39 is 92.9 Å². The van der Waals surface area contributed by atoms with E-state index in [0.717, 1.165) is 44.9 Å². The van der Waals surface area contributed by atoms with Gasteiger partial charge in [0.15, 0.2) is 12.6 Å². The maximum Gasteiger partial charge on any atom is 0.187 e. The van der Waals surface area contributed by atoms with E-state index in [1.54, 1.807) is 0 Å². The second kappa shape index (κ2) is 19.9. The van der Waals surface area contributed by atoms with Gasteiger partial charge in [-0.1, -0.05) is 38.5 Å². The van der Waals surface area contributed by atoms with Crippen LogP contribution in [0.2, 0.25) is 0 Å². The number of aliphatic hydroxyl groups excluding tert-OH is 10. The van der Waals surface area contributed by atoms with Crippen LogP contribution in [0.3, 0.4) is 0 Å². The van der Waals surface area contributed by atoms with Gasteiger partial charge in [-0.05, 0) is 19.3 Å². The van der Waals surface area contributed by atoms with Crippen molar-refractivity contribution in [3.05, 3.63) is 0 Å². The molecular weight excluding hydrogens is 614 g/mol. The first-order chi connectivity index (χ1) is 22.0. The minimum Gasteiger partial charge on any atom is -0.395 e. The van der Waals surface area contributed by atoms with Crippen molar-refractivity contribution in [1.82, 2.24) is 5.32 Å². The highest BCUT2D eigenvalue weighted by Crippen LogP contribution is 2.29. The van der Waals surface area contributed by atoms with Crippen LogP contribution in [0.4, 0.5) is 0 Å². The molecule has 0 saturated carbocycles. The molecule has 0 radical (unpaired) electrons. The fourth-order valence-corrected chi connectivity index (χ4v) is 6.22. The molecule has 3 aliphatic rings. The van der Waals surface area contributed by atoms with Gasteiger partial charge in [-0.2, -0.15) is 0 Å². The molecule has 0 aromatic carbocycles. The third-order valence-electron chi connectivity index (χ3n) is 9.11. The predicted octanol–water partition coefficient (Wildman–Crippen LogP) is -3.46. The molecule has 270 valence electrons. The van der Waals surface area contributed by atoms with E-state index in [9.17, 15) is 55.9 Å². The number of Topliss-reactive ketones (excluding diaryl/α,β-unsaturated/α-hetero) is 1. The SMILES string of the molecule is O=C(CCCCCCCCC[C@H]1N[C@H](CO)[C@H](O)[C@@H]1O[C@@H]1O[C@H](CO)[C@@H](O)[C@H](O)[C@H]1O)CCCO[C@@H]1O[C@H](CO)[C@@H](O)[C@H](O)[C@H]1O. The van der Waals surface area contributed by atoms with E-state index in [4.69, 9.17) is 18.9 Å². The van der Waals surface area contributed by atoms with Crippen LogP contribution in [0.15, 0.2) is 0 Å². The molecule has 11 N–H and O–H groups in total. The van der Waals surface area contributed by atoms with Crippen LogP contribution in [0, 0.1) is 0 Å². The predicted molar refractivity (Wildman–Crippen MR) is 158 cm³/mol. The normalized spacial score (nSPS) is 40.0. The average Bonchev–Trinajstić information content (AvgIpc) is 3.35. The number of hydrogen-bond donors (Lipinski definition) is 11. The second-order valence-corrected chi connectivity index (χ2v) is 12.6. The Hall–Kier alpha value is -0.930. The summed E-state index contributed by atoms with van der Waals surface area (Å²) in [5.41, 5.74) is 0. The summed E-state index contributed by atoms with van der Waals surface area (Å²) in [5.74, 6) is 0.102. The number of hydrogen-bond acceptors (Lipinski definition) is 16. The number of aliphatic hydroxyl groups is 10. The third kappa shape index (κ3) is 10.8. The molecule has 3 rings (SSSR count). The molecule has 3 aliphatic heterocycles. The quantitative estimate of drug-likeness (QED) is 0.0563. The van der Waals surface area contributed by atoms with Gasteiger partial charge < -0.3 is 75.3 Å². The Morgan fingerprint density at radius 3 is 1.67 bits per heavy atom. The zero-order valence-corrected chi connectivity index (χ0v) is 26.2. The first kappa shape index (κ1) is 39.5. The Balaban J connectivity index is 1.24. The van der Waals surface area contributed by atoms with Gasteiger partial charge in [-0.3, -0.25) is 4.79 Å². The van der Waals surface area contributed by atoms with Crippen molar-refractivity contribution >= 4 is 5.78 Å². The van der Waals surface area contributed by atoms with Crippen molar-refractivity contribution in [3.8, 4) is 0 Å². The van der Waals surface area contributed by atoms with Crippen molar-refractivity contribution in [2.45, 2.75) is 156 Å². The summed E-state index contributed by atoms with van der Waals surface area (Å²) in [6.45, 7) is -1.34. The summed E-state index contributed by atoms with van der Waals surface area (Å²) in [6, 6.07) is -0.995. The topological polar surface area (TPSA) is 268 Å². The van der Waals surface area contributed by atoms with Crippen LogP contribution < -0.4 is 5.32 Å². The first-order valence-corrected chi connectivity index (χ1v) is 16.5. The van der Waals surface area contributed by atoms with E-state index in [0.29, 0.717) is 25.7 Å². The maximum absolute atomic E-state index is 12.2. The summed E-state index contributed by atoms with van der Waals surface area (Å²) in [4.78, 5) is 12.2. The number of ketones is 1. The number of unbranched alkanes of at least 4 members (excludes halogenated alkanes) is 6. The first-order valence-electron chi connectivity index (χ1n) is 16.5. The minimum absolute atomic E-state index is 0.102. The number of carbonyl (C=O) groups excluding carboxylic acids is 1. The molecule has 0 bridgehead atoms. The summed E-state index contributed by atoms with van der Waals surface area (Å²) in [6.07, 6.45) is -7.69. The van der Waals surface area contributed by atoms with Crippen molar-refractivity contribution in [3.63, 3.8) is 0 Å². The van der Waals surface area contributed by atoms with Gasteiger partial charge in [0, 0.05) is 18.9 Å². The van der Waals surface area contributed by atoms with Crippen molar-refractivity contribution < 1.29 is 74.8 Å². The van der Waals surface area contributed by atoms with E-state index in [2.05, 4.69) is 5.32 Å². The lowest BCUT2D eigenvalue weighted by molar-refractivity contribution is -0.316. The second-order valence-electron chi connectivity index (χ2n) is 12.6. The lowest BCUT2D eigenvalue weighted by Gasteiger charge is -2.41. The van der Waals surface area contributed by atoms with Crippen LogP contribution in [-0.4, -0.2) is 169 Å². The largest absolute Gasteiger partial charge is 0.395 e. The van der Waals surface area contributed by atoms with E-state index >= 15 is 0 Å². The molecule has 3 saturated heterocycles. The molecule has 0 aromatic heterocycles. The molecule has 16 nitrogen and oxygen atoms in total. The Kier molecular flexibility index (Phi) is 17.1. The highest BCUT2D eigenvalue weighted by Gasteiger charge is 2.49. The number of carbonyl (C=O) groups is 1. The van der Waals surface area contributed by atoms with Gasteiger partial charge in [-0.25, -0.2) is 0 Å². The number of rotatable bonds is 20. The van der Waals surface area contributed by atoms with Gasteiger partial charge in [0.05, 0.1) is 38.6 Å². The third-order valence-corrected chi connectivity index (χ3v) is 9.11. The number of ether oxygens (including phenoxy) is 4. The van der Waals surface area contributed by atoms with E-state index in [1.165, 1.54) is 0 Å². The lowest BCUT2D eigenvalue weighted by atomic mass is 9.98. The Bertz CT molecular complexity index is 868. The molecule has 3 heterocycles. The zero-order chi connectivity index (χ0) is 33.8. The van der Waals surface area contributed by atoms with Crippen LogP contribution >= 0.6 is 0 Å². The Morgan fingerprint density at radius 1 is 0.565 bits per heavy atom. The van der Waals surface area contributed by atoms with Crippen LogP contribution in [0.5, 0.6) is 0 Å². The van der Waals surface area contributed by atoms with Gasteiger partial charge in [0.1, 0.15) is 60.7 Å². The van der Waals surface area contributed by atoms with E-state index in [1.807, 2.05) is 0 Å². The highest BCUT2D eigenvalue weighted by atomic mass is 16.7. The average molecular weight is 670 g/mol. The molecule has 0 spiro atoms. The molecule has 3 fully saturated rings. The fourth-order valence-electron chi connectivity index (χ4n) is 6.22. The lowest BCUT2D eigenvalue weighted by Crippen LogP contribution is -2.60. The summed E-state index contributed by atoms with van der Waals surface area (Å²) in [7, 11) is 0. The molecule has 0 amide bonds. The molecule has 0 aromatic rings. The Labute approximate surface area is 268 Å². The summed E-state index contributed by atoms with van der Waals surface area (Å²) in [5, 5.41) is 102. The van der Waals surface area contributed by atoms with Crippen LogP contribution in [0.1, 0.15) is 70.6 Å². The van der Waals surface area contributed by atoms with E-state index in [-0.39, 0.29) is 25.0 Å². The molecule has 14 atom stereocenters. The van der Waals surface area contributed by atoms with Crippen LogP contribution in [-0.2, 0) is 23.7 Å². The monoisotopic (exact) mass is 669 g/mol. The van der Waals surface area contributed by atoms with Gasteiger partial charge >= 0.3 is 0 Å². The maximum atomic E-state index is 12.2. The zero-order valence-electron chi connectivity index (χ0n) is 26.2. The van der Waals surface area contributed by atoms with Crippen LogP contribution in [0.25, 0.3) is 0 Å². The standard InChI is InChI=1S/C30H55NO15/c32-13-18-21(36)28(46-30-27(42)25(40)23(38)20(15-34)45-30)17(31-18)11-7-5-3-1-2-4-6-9-16(35)10-8-12-43-29-26(41)24(39)22(37)19(14-33)44-29/h17-34,36-42H,1-15H2/t17-,18-,19-,20-,21+,22-,23-,24+,25+,26-,27-,28-,29-,30+/m1/s1. The van der Waals surface area contributed by atoms with Crippen molar-refractivity contribution in [1.29, 1.82) is 0 Å². The summed E-state index contributed by atoms with van der Waals surface area (Å²) >= 11 is 0. The highest BCUT2D eigenvalue weighted by molar-refractivity contribution is 5.78. The smallest absolute Gasteiger partial charge is 0.187 e. The van der Waals surface area contributed by atoms with Gasteiger partial charge in [0.2, 0.25) is 0 Å². The molecule has 16 heteroatoms. The van der Waals surface area contributed by atoms with Gasteiger partial charge in [0.25, 0.3) is 0 Å². The molecular formula is C30H55NO15. The van der Waals surface area contributed by atoms with Crippen molar-refractivity contribution in [2.75, 3.05) is 26.4 Å². The Morgan fingerprint density at radius 2 is 1.09 bits per heavy atom.